The van der Waals surface area contributed by atoms with Gasteiger partial charge in [-0.15, -0.1) is 0 Å². The highest BCUT2D eigenvalue weighted by Crippen LogP contribution is 2.29. The number of thiocarbonyl (C=S) groups is 1. The number of halogens is 1. The first kappa shape index (κ1) is 14.3. The molecule has 1 atom stereocenters. The van der Waals surface area contributed by atoms with Crippen LogP contribution in [0.5, 0.6) is 0 Å². The number of hydrogen-bond donors (Lipinski definition) is 2. The number of hydrogen-bond acceptors (Lipinski definition) is 3. The zero-order valence-corrected chi connectivity index (χ0v) is 13.1. The van der Waals surface area contributed by atoms with Crippen molar-refractivity contribution >= 4 is 44.7 Å². The van der Waals surface area contributed by atoms with Gasteiger partial charge in [0.05, 0.1) is 0 Å². The first-order chi connectivity index (χ1) is 9.04. The summed E-state index contributed by atoms with van der Waals surface area (Å²) in [4.78, 5) is 14.3. The minimum Gasteiger partial charge on any atom is -0.389 e. The van der Waals surface area contributed by atoms with E-state index in [-0.39, 0.29) is 11.9 Å². The Morgan fingerprint density at radius 3 is 2.89 bits per heavy atom. The van der Waals surface area contributed by atoms with Crippen molar-refractivity contribution in [2.24, 2.45) is 5.73 Å². The number of carbonyl (C=O) groups is 1. The van der Waals surface area contributed by atoms with E-state index in [2.05, 4.69) is 26.1 Å². The second kappa shape index (κ2) is 5.88. The lowest BCUT2D eigenvalue weighted by molar-refractivity contribution is -0.121. The minimum absolute atomic E-state index is 0.0621. The molecule has 0 bridgehead atoms. The van der Waals surface area contributed by atoms with Crippen LogP contribution in [0.3, 0.4) is 0 Å². The van der Waals surface area contributed by atoms with E-state index in [1.54, 1.807) is 7.05 Å². The summed E-state index contributed by atoms with van der Waals surface area (Å²) in [5, 5.41) is 2.72. The molecule has 1 heterocycles. The highest BCUT2D eigenvalue weighted by Gasteiger charge is 2.30. The molecular weight excluding hydrogens is 326 g/mol. The average molecular weight is 342 g/mol. The number of nitrogens with two attached hydrogens (primary N) is 1. The van der Waals surface area contributed by atoms with Crippen LogP contribution >= 0.6 is 28.1 Å². The summed E-state index contributed by atoms with van der Waals surface area (Å²) < 4.78 is 0.861. The molecule has 0 spiro atoms. The van der Waals surface area contributed by atoms with Crippen molar-refractivity contribution in [1.29, 1.82) is 0 Å². The Morgan fingerprint density at radius 2 is 2.32 bits per heavy atom. The van der Waals surface area contributed by atoms with Gasteiger partial charge in [-0.1, -0.05) is 12.2 Å². The Balaban J connectivity index is 2.29. The van der Waals surface area contributed by atoms with Gasteiger partial charge in [-0.05, 0) is 47.0 Å². The third-order valence-corrected chi connectivity index (χ3v) is 4.23. The van der Waals surface area contributed by atoms with E-state index < -0.39 is 0 Å². The van der Waals surface area contributed by atoms with Gasteiger partial charge in [0, 0.05) is 29.3 Å². The predicted octanol–water partition coefficient (Wildman–Crippen LogP) is 1.80. The summed E-state index contributed by atoms with van der Waals surface area (Å²) >= 11 is 8.46. The van der Waals surface area contributed by atoms with Gasteiger partial charge in [-0.2, -0.15) is 0 Å². The average Bonchev–Trinajstić information content (AvgIpc) is 2.86. The normalized spacial score (nSPS) is 18.4. The highest BCUT2D eigenvalue weighted by molar-refractivity contribution is 9.10. The molecule has 0 radical (unpaired) electrons. The molecule has 1 aliphatic heterocycles. The van der Waals surface area contributed by atoms with Gasteiger partial charge in [-0.3, -0.25) is 4.79 Å². The molecule has 1 saturated heterocycles. The van der Waals surface area contributed by atoms with Crippen molar-refractivity contribution in [3.05, 3.63) is 28.2 Å². The molecule has 4 nitrogen and oxygen atoms in total. The molecule has 1 aliphatic rings. The summed E-state index contributed by atoms with van der Waals surface area (Å²) in [6, 6.07) is 5.73. The standard InChI is InChI=1S/C13H16BrN3OS/c1-16-13(18)11-3-2-6-17(11)8-4-5-9(12(15)19)10(14)7-8/h4-5,7,11H,2-3,6H2,1H3,(H2,15,19)(H,16,18). The van der Waals surface area contributed by atoms with E-state index in [1.807, 2.05) is 18.2 Å². The van der Waals surface area contributed by atoms with E-state index in [9.17, 15) is 4.79 Å². The summed E-state index contributed by atoms with van der Waals surface area (Å²) in [7, 11) is 1.67. The molecule has 19 heavy (non-hydrogen) atoms. The van der Waals surface area contributed by atoms with Crippen molar-refractivity contribution in [3.63, 3.8) is 0 Å². The Labute approximate surface area is 126 Å². The molecule has 0 aromatic heterocycles. The molecular formula is C13H16BrN3OS. The Bertz CT molecular complexity index is 521. The predicted molar refractivity (Wildman–Crippen MR) is 84.5 cm³/mol. The second-order valence-corrected chi connectivity index (χ2v) is 5.79. The first-order valence-electron chi connectivity index (χ1n) is 6.12. The van der Waals surface area contributed by atoms with Gasteiger partial charge in [0.1, 0.15) is 11.0 Å². The van der Waals surface area contributed by atoms with Crippen molar-refractivity contribution in [1.82, 2.24) is 5.32 Å². The summed E-state index contributed by atoms with van der Waals surface area (Å²) in [5.41, 5.74) is 7.47. The number of amides is 1. The summed E-state index contributed by atoms with van der Waals surface area (Å²) in [6.07, 6.45) is 1.90. The van der Waals surface area contributed by atoms with Gasteiger partial charge in [0.15, 0.2) is 0 Å². The van der Waals surface area contributed by atoms with E-state index >= 15 is 0 Å². The van der Waals surface area contributed by atoms with E-state index in [4.69, 9.17) is 18.0 Å². The third kappa shape index (κ3) is 2.90. The zero-order valence-electron chi connectivity index (χ0n) is 10.6. The number of nitrogens with one attached hydrogen (secondary N) is 1. The topological polar surface area (TPSA) is 58.4 Å². The van der Waals surface area contributed by atoms with Crippen molar-refractivity contribution in [2.75, 3.05) is 18.5 Å². The smallest absolute Gasteiger partial charge is 0.242 e. The maximum absolute atomic E-state index is 11.9. The van der Waals surface area contributed by atoms with Crippen molar-refractivity contribution in [2.45, 2.75) is 18.9 Å². The summed E-state index contributed by atoms with van der Waals surface area (Å²) in [5.74, 6) is 0.0621. The van der Waals surface area contributed by atoms with Gasteiger partial charge < -0.3 is 16.0 Å². The molecule has 1 unspecified atom stereocenters. The molecule has 1 fully saturated rings. The monoisotopic (exact) mass is 341 g/mol. The fourth-order valence-corrected chi connectivity index (χ4v) is 3.29. The van der Waals surface area contributed by atoms with E-state index in [0.29, 0.717) is 4.99 Å². The molecule has 0 aliphatic carbocycles. The fourth-order valence-electron chi connectivity index (χ4n) is 2.40. The largest absolute Gasteiger partial charge is 0.389 e. The molecule has 102 valence electrons. The molecule has 3 N–H and O–H groups in total. The number of nitrogens with zero attached hydrogens (tertiary/aromatic N) is 1. The maximum Gasteiger partial charge on any atom is 0.242 e. The Kier molecular flexibility index (Phi) is 4.42. The van der Waals surface area contributed by atoms with Gasteiger partial charge in [0.2, 0.25) is 5.91 Å². The lowest BCUT2D eigenvalue weighted by Gasteiger charge is -2.26. The van der Waals surface area contributed by atoms with Crippen LogP contribution in [0.1, 0.15) is 18.4 Å². The van der Waals surface area contributed by atoms with E-state index in [0.717, 1.165) is 35.1 Å². The van der Waals surface area contributed by atoms with Gasteiger partial charge in [0.25, 0.3) is 0 Å². The van der Waals surface area contributed by atoms with Crippen LogP contribution in [0.4, 0.5) is 5.69 Å². The molecule has 2 rings (SSSR count). The Hall–Kier alpha value is -1.14. The van der Waals surface area contributed by atoms with Crippen molar-refractivity contribution in [3.8, 4) is 0 Å². The lowest BCUT2D eigenvalue weighted by Crippen LogP contribution is -2.42. The highest BCUT2D eigenvalue weighted by atomic mass is 79.9. The minimum atomic E-state index is -0.0902. The van der Waals surface area contributed by atoms with Crippen LogP contribution in [-0.4, -0.2) is 30.5 Å². The van der Waals surface area contributed by atoms with Gasteiger partial charge in [-0.25, -0.2) is 0 Å². The molecule has 1 aromatic rings. The van der Waals surface area contributed by atoms with Crippen LogP contribution in [-0.2, 0) is 4.79 Å². The first-order valence-corrected chi connectivity index (χ1v) is 7.32. The van der Waals surface area contributed by atoms with Crippen LogP contribution < -0.4 is 16.0 Å². The number of likely N-dealkylation sites (N-methyl/N-ethyl adjacent to an activating group) is 1. The SMILES string of the molecule is CNC(=O)C1CCCN1c1ccc(C(N)=S)c(Br)c1. The third-order valence-electron chi connectivity index (χ3n) is 3.35. The van der Waals surface area contributed by atoms with Crippen molar-refractivity contribution < 1.29 is 4.79 Å². The molecule has 6 heteroatoms. The number of benzene rings is 1. The maximum atomic E-state index is 11.9. The lowest BCUT2D eigenvalue weighted by atomic mass is 10.1. The molecule has 0 saturated carbocycles. The number of rotatable bonds is 3. The zero-order chi connectivity index (χ0) is 14.0. The second-order valence-electron chi connectivity index (χ2n) is 4.49. The Morgan fingerprint density at radius 1 is 1.58 bits per heavy atom. The van der Waals surface area contributed by atoms with Crippen LogP contribution in [0.15, 0.2) is 22.7 Å². The van der Waals surface area contributed by atoms with Gasteiger partial charge >= 0.3 is 0 Å². The molecule has 1 aromatic carbocycles. The van der Waals surface area contributed by atoms with Crippen LogP contribution in [0.25, 0.3) is 0 Å². The van der Waals surface area contributed by atoms with Crippen LogP contribution in [0.2, 0.25) is 0 Å². The number of anilines is 1. The quantitative estimate of drug-likeness (QED) is 0.823. The van der Waals surface area contributed by atoms with E-state index in [1.165, 1.54) is 0 Å². The van der Waals surface area contributed by atoms with Crippen LogP contribution in [0, 0.1) is 0 Å². The fraction of sp³-hybridized carbons (Fsp3) is 0.385. The summed E-state index contributed by atoms with van der Waals surface area (Å²) in [6.45, 7) is 0.886. The molecule has 1 amide bonds. The number of carbonyl (C=O) groups excluding carboxylic acids is 1.